The molecule has 0 unspecified atom stereocenters. The second-order valence-electron chi connectivity index (χ2n) is 5.55. The van der Waals surface area contributed by atoms with Crippen molar-refractivity contribution in [1.29, 1.82) is 0 Å². The second-order valence-corrected chi connectivity index (χ2v) is 5.55. The number of hydrogen-bond donors (Lipinski definition) is 1. The van der Waals surface area contributed by atoms with Crippen molar-refractivity contribution in [3.63, 3.8) is 0 Å². The topological polar surface area (TPSA) is 83.7 Å². The third-order valence-electron chi connectivity index (χ3n) is 3.67. The Kier molecular flexibility index (Phi) is 4.64. The van der Waals surface area contributed by atoms with Gasteiger partial charge in [-0.25, -0.2) is 0 Å². The molecule has 6 heteroatoms. The normalized spacial score (nSPS) is 10.4. The second kappa shape index (κ2) is 6.48. The average Bonchev–Trinajstić information content (AvgIpc) is 2.48. The van der Waals surface area contributed by atoms with Gasteiger partial charge in [-0.1, -0.05) is 23.8 Å². The van der Waals surface area contributed by atoms with Crippen LogP contribution in [0.1, 0.15) is 27.0 Å². The van der Waals surface area contributed by atoms with Crippen LogP contribution in [-0.2, 0) is 6.54 Å². The van der Waals surface area contributed by atoms with Crippen LogP contribution in [0, 0.1) is 24.0 Å². The summed E-state index contributed by atoms with van der Waals surface area (Å²) in [7, 11) is 1.65. The zero-order valence-corrected chi connectivity index (χ0v) is 13.2. The molecular weight excluding hydrogens is 296 g/mol. The van der Waals surface area contributed by atoms with E-state index in [1.165, 1.54) is 11.0 Å². The van der Waals surface area contributed by atoms with Gasteiger partial charge in [-0.3, -0.25) is 14.9 Å². The van der Waals surface area contributed by atoms with Crippen molar-refractivity contribution in [2.45, 2.75) is 20.4 Å². The van der Waals surface area contributed by atoms with Crippen molar-refractivity contribution >= 4 is 11.6 Å². The van der Waals surface area contributed by atoms with Gasteiger partial charge in [-0.2, -0.15) is 0 Å². The first-order valence-corrected chi connectivity index (χ1v) is 7.08. The Labute approximate surface area is 134 Å². The molecule has 6 nitrogen and oxygen atoms in total. The lowest BCUT2D eigenvalue weighted by atomic mass is 10.1. The number of nitro groups is 1. The fourth-order valence-corrected chi connectivity index (χ4v) is 2.38. The molecule has 0 aliphatic rings. The zero-order valence-electron chi connectivity index (χ0n) is 13.2. The number of carbonyl (C=O) groups is 1. The van der Waals surface area contributed by atoms with Crippen LogP contribution in [0.2, 0.25) is 0 Å². The van der Waals surface area contributed by atoms with Crippen LogP contribution in [0.4, 0.5) is 5.69 Å². The molecule has 0 saturated carbocycles. The molecule has 0 aliphatic carbocycles. The zero-order chi connectivity index (χ0) is 17.1. The summed E-state index contributed by atoms with van der Waals surface area (Å²) in [5, 5.41) is 20.3. The molecule has 0 radical (unpaired) electrons. The molecule has 0 spiro atoms. The van der Waals surface area contributed by atoms with Gasteiger partial charge < -0.3 is 10.0 Å². The van der Waals surface area contributed by atoms with Crippen LogP contribution in [0.25, 0.3) is 0 Å². The quantitative estimate of drug-likeness (QED) is 0.694. The number of carbonyl (C=O) groups excluding carboxylic acids is 1. The lowest BCUT2D eigenvalue weighted by Gasteiger charge is -2.19. The largest absolute Gasteiger partial charge is 0.502 e. The van der Waals surface area contributed by atoms with E-state index in [2.05, 4.69) is 0 Å². The molecule has 0 saturated heterocycles. The Morgan fingerprint density at radius 1 is 1.22 bits per heavy atom. The maximum atomic E-state index is 12.4. The van der Waals surface area contributed by atoms with Crippen molar-refractivity contribution in [1.82, 2.24) is 4.90 Å². The molecule has 1 amide bonds. The van der Waals surface area contributed by atoms with Gasteiger partial charge in [0.05, 0.1) is 4.92 Å². The summed E-state index contributed by atoms with van der Waals surface area (Å²) in [4.78, 5) is 23.9. The summed E-state index contributed by atoms with van der Waals surface area (Å²) >= 11 is 0. The fraction of sp³-hybridized carbons (Fsp3) is 0.235. The standard InChI is InChI=1S/C17H18N2O4/c1-11-4-5-14(12(2)8-11)10-18(3)17(21)13-6-7-15(19(22)23)16(20)9-13/h4-9,20H,10H2,1-3H3. The van der Waals surface area contributed by atoms with Crippen LogP contribution in [-0.4, -0.2) is 27.9 Å². The van der Waals surface area contributed by atoms with E-state index >= 15 is 0 Å². The molecule has 2 aromatic rings. The molecule has 120 valence electrons. The highest BCUT2D eigenvalue weighted by Crippen LogP contribution is 2.27. The lowest BCUT2D eigenvalue weighted by molar-refractivity contribution is -0.385. The third-order valence-corrected chi connectivity index (χ3v) is 3.67. The van der Waals surface area contributed by atoms with Gasteiger partial charge in [-0.15, -0.1) is 0 Å². The highest BCUT2D eigenvalue weighted by atomic mass is 16.6. The molecule has 0 heterocycles. The highest BCUT2D eigenvalue weighted by molar-refractivity contribution is 5.94. The number of hydrogen-bond acceptors (Lipinski definition) is 4. The molecule has 0 atom stereocenters. The molecule has 0 aromatic heterocycles. The number of rotatable bonds is 4. The number of aromatic hydroxyl groups is 1. The highest BCUT2D eigenvalue weighted by Gasteiger charge is 2.18. The summed E-state index contributed by atoms with van der Waals surface area (Å²) in [6.07, 6.45) is 0. The Morgan fingerprint density at radius 3 is 2.48 bits per heavy atom. The Hall–Kier alpha value is -2.89. The number of phenolic OH excluding ortho intramolecular Hbond substituents is 1. The Bertz CT molecular complexity index is 771. The predicted molar refractivity (Wildman–Crippen MR) is 86.5 cm³/mol. The molecule has 0 fully saturated rings. The van der Waals surface area contributed by atoms with Crippen LogP contribution < -0.4 is 0 Å². The SMILES string of the molecule is Cc1ccc(CN(C)C(=O)c2ccc([N+](=O)[O-])c(O)c2)c(C)c1. The van der Waals surface area contributed by atoms with Gasteiger partial charge >= 0.3 is 5.69 Å². The van der Waals surface area contributed by atoms with E-state index in [0.717, 1.165) is 28.8 Å². The number of nitro benzene ring substituents is 1. The van der Waals surface area contributed by atoms with E-state index in [9.17, 15) is 20.0 Å². The minimum atomic E-state index is -0.692. The first kappa shape index (κ1) is 16.5. The predicted octanol–water partition coefficient (Wildman–Crippen LogP) is 3.19. The molecule has 0 bridgehead atoms. The van der Waals surface area contributed by atoms with Crippen molar-refractivity contribution in [3.05, 3.63) is 68.8 Å². The minimum absolute atomic E-state index is 0.209. The average molecular weight is 314 g/mol. The molecule has 1 N–H and O–H groups in total. The number of aryl methyl sites for hydroxylation is 2. The third kappa shape index (κ3) is 3.66. The maximum Gasteiger partial charge on any atom is 0.310 e. The van der Waals surface area contributed by atoms with Crippen LogP contribution in [0.3, 0.4) is 0 Å². The lowest BCUT2D eigenvalue weighted by Crippen LogP contribution is -2.26. The van der Waals surface area contributed by atoms with Gasteiger partial charge in [-0.05, 0) is 37.1 Å². The van der Waals surface area contributed by atoms with Gasteiger partial charge in [0.25, 0.3) is 5.91 Å². The molecule has 2 aromatic carbocycles. The van der Waals surface area contributed by atoms with Crippen LogP contribution in [0.15, 0.2) is 36.4 Å². The van der Waals surface area contributed by atoms with E-state index in [-0.39, 0.29) is 11.5 Å². The van der Waals surface area contributed by atoms with Gasteiger partial charge in [0.1, 0.15) is 0 Å². The summed E-state index contributed by atoms with van der Waals surface area (Å²) in [5.41, 5.74) is 3.06. The Balaban J connectivity index is 2.19. The first-order valence-electron chi connectivity index (χ1n) is 7.08. The first-order chi connectivity index (χ1) is 10.8. The van der Waals surface area contributed by atoms with Crippen molar-refractivity contribution in [3.8, 4) is 5.75 Å². The van der Waals surface area contributed by atoms with Crippen molar-refractivity contribution in [2.24, 2.45) is 0 Å². The summed E-state index contributed by atoms with van der Waals surface area (Å²) in [6, 6.07) is 9.61. The van der Waals surface area contributed by atoms with E-state index in [1.807, 2.05) is 32.0 Å². The van der Waals surface area contributed by atoms with E-state index in [1.54, 1.807) is 7.05 Å². The number of phenols is 1. The number of benzene rings is 2. The molecule has 23 heavy (non-hydrogen) atoms. The summed E-state index contributed by atoms with van der Waals surface area (Å²) in [6.45, 7) is 4.41. The van der Waals surface area contributed by atoms with Crippen LogP contribution in [0.5, 0.6) is 5.75 Å². The number of amides is 1. The summed E-state index contributed by atoms with van der Waals surface area (Å²) in [5.74, 6) is -0.823. The maximum absolute atomic E-state index is 12.4. The Morgan fingerprint density at radius 2 is 1.91 bits per heavy atom. The molecular formula is C17H18N2O4. The van der Waals surface area contributed by atoms with Crippen molar-refractivity contribution in [2.75, 3.05) is 7.05 Å². The van der Waals surface area contributed by atoms with Gasteiger partial charge in [0.15, 0.2) is 5.75 Å². The molecule has 0 aliphatic heterocycles. The monoisotopic (exact) mass is 314 g/mol. The molecule has 2 rings (SSSR count). The fourth-order valence-electron chi connectivity index (χ4n) is 2.38. The van der Waals surface area contributed by atoms with Gasteiger partial charge in [0, 0.05) is 25.2 Å². The van der Waals surface area contributed by atoms with E-state index < -0.39 is 16.4 Å². The van der Waals surface area contributed by atoms with Gasteiger partial charge in [0.2, 0.25) is 0 Å². The minimum Gasteiger partial charge on any atom is -0.502 e. The summed E-state index contributed by atoms with van der Waals surface area (Å²) < 4.78 is 0. The van der Waals surface area contributed by atoms with E-state index in [4.69, 9.17) is 0 Å². The smallest absolute Gasteiger partial charge is 0.310 e. The number of nitrogens with zero attached hydrogens (tertiary/aromatic N) is 2. The van der Waals surface area contributed by atoms with Crippen molar-refractivity contribution < 1.29 is 14.8 Å². The van der Waals surface area contributed by atoms with Crippen LogP contribution >= 0.6 is 0 Å². The van der Waals surface area contributed by atoms with E-state index in [0.29, 0.717) is 6.54 Å².